The molecule has 1 amide bonds. The fourth-order valence-electron chi connectivity index (χ4n) is 1.24. The molecule has 5 heteroatoms. The van der Waals surface area contributed by atoms with E-state index in [-0.39, 0.29) is 10.9 Å². The lowest BCUT2D eigenvalue weighted by molar-refractivity contribution is -0.126. The van der Waals surface area contributed by atoms with Crippen molar-refractivity contribution >= 4 is 23.1 Å². The lowest BCUT2D eigenvalue weighted by atomic mass is 9.92. The van der Waals surface area contributed by atoms with E-state index in [2.05, 4.69) is 5.32 Å². The van der Waals surface area contributed by atoms with Crippen LogP contribution < -0.4 is 11.1 Å². The van der Waals surface area contributed by atoms with Gasteiger partial charge in [-0.05, 0) is 39.0 Å². The van der Waals surface area contributed by atoms with Crippen LogP contribution >= 0.6 is 12.2 Å². The monoisotopic (exact) mass is 258 g/mol. The van der Waals surface area contributed by atoms with Crippen molar-refractivity contribution in [3.8, 4) is 0 Å². The largest absolute Gasteiger partial charge is 0.392 e. The van der Waals surface area contributed by atoms with Gasteiger partial charge in [-0.2, -0.15) is 0 Å². The third-order valence-corrected chi connectivity index (χ3v) is 3.50. The third-order valence-electron chi connectivity index (χ3n) is 2.99. The molecule has 0 aromatic carbocycles. The molecule has 1 rings (SSSR count). The van der Waals surface area contributed by atoms with Crippen molar-refractivity contribution < 1.29 is 9.53 Å². The Balaban J connectivity index is 2.04. The van der Waals surface area contributed by atoms with Crippen molar-refractivity contribution in [1.29, 1.82) is 0 Å². The van der Waals surface area contributed by atoms with E-state index < -0.39 is 5.41 Å². The Labute approximate surface area is 108 Å². The quantitative estimate of drug-likeness (QED) is 0.508. The summed E-state index contributed by atoms with van der Waals surface area (Å²) in [6, 6.07) is 0. The minimum atomic E-state index is -0.774. The summed E-state index contributed by atoms with van der Waals surface area (Å²) in [5.74, 6) is 0.672. The van der Waals surface area contributed by atoms with Gasteiger partial charge in [0.15, 0.2) is 0 Å². The Morgan fingerprint density at radius 1 is 1.53 bits per heavy atom. The minimum Gasteiger partial charge on any atom is -0.392 e. The van der Waals surface area contributed by atoms with Crippen LogP contribution in [0.25, 0.3) is 0 Å². The molecule has 1 fully saturated rings. The molecule has 0 spiro atoms. The van der Waals surface area contributed by atoms with E-state index in [1.807, 2.05) is 0 Å². The second-order valence-corrected chi connectivity index (χ2v) is 5.56. The summed E-state index contributed by atoms with van der Waals surface area (Å²) in [6.07, 6.45) is 3.43. The number of carbonyl (C=O) groups is 1. The van der Waals surface area contributed by atoms with Crippen LogP contribution in [-0.2, 0) is 9.53 Å². The summed E-state index contributed by atoms with van der Waals surface area (Å²) in [6.45, 7) is 5.63. The Morgan fingerprint density at radius 2 is 2.18 bits per heavy atom. The Kier molecular flexibility index (Phi) is 5.33. The number of hydrogen-bond donors (Lipinski definition) is 2. The summed E-state index contributed by atoms with van der Waals surface area (Å²) in [5, 5.41) is 2.82. The molecular weight excluding hydrogens is 236 g/mol. The number of nitrogens with two attached hydrogens (primary N) is 1. The number of amides is 1. The van der Waals surface area contributed by atoms with Gasteiger partial charge in [0.1, 0.15) is 0 Å². The van der Waals surface area contributed by atoms with E-state index >= 15 is 0 Å². The molecule has 0 aromatic heterocycles. The predicted molar refractivity (Wildman–Crippen MR) is 71.7 cm³/mol. The summed E-state index contributed by atoms with van der Waals surface area (Å²) in [7, 11) is 0. The van der Waals surface area contributed by atoms with Gasteiger partial charge in [0.2, 0.25) is 5.91 Å². The van der Waals surface area contributed by atoms with Crippen molar-refractivity contribution in [1.82, 2.24) is 5.32 Å². The molecule has 0 unspecified atom stereocenters. The van der Waals surface area contributed by atoms with E-state index in [1.54, 1.807) is 13.8 Å². The van der Waals surface area contributed by atoms with Gasteiger partial charge in [-0.15, -0.1) is 0 Å². The lowest BCUT2D eigenvalue weighted by Crippen LogP contribution is -2.45. The van der Waals surface area contributed by atoms with Crippen molar-refractivity contribution in [2.24, 2.45) is 17.1 Å². The van der Waals surface area contributed by atoms with Crippen LogP contribution in [0, 0.1) is 11.3 Å². The number of hydrogen-bond acceptors (Lipinski definition) is 3. The molecule has 0 saturated heterocycles. The van der Waals surface area contributed by atoms with Gasteiger partial charge in [0, 0.05) is 19.8 Å². The second kappa shape index (κ2) is 6.31. The molecule has 0 aromatic rings. The van der Waals surface area contributed by atoms with Crippen molar-refractivity contribution in [3.63, 3.8) is 0 Å². The van der Waals surface area contributed by atoms with Crippen molar-refractivity contribution in [2.45, 2.75) is 33.1 Å². The van der Waals surface area contributed by atoms with Gasteiger partial charge in [0.25, 0.3) is 0 Å². The highest BCUT2D eigenvalue weighted by atomic mass is 32.1. The molecule has 0 atom stereocenters. The predicted octanol–water partition coefficient (Wildman–Crippen LogP) is 1.23. The smallest absolute Gasteiger partial charge is 0.232 e. The molecule has 0 radical (unpaired) electrons. The Hall–Kier alpha value is -0.680. The zero-order valence-corrected chi connectivity index (χ0v) is 11.4. The molecule has 17 heavy (non-hydrogen) atoms. The molecule has 0 bridgehead atoms. The van der Waals surface area contributed by atoms with Gasteiger partial charge < -0.3 is 15.8 Å². The summed E-state index contributed by atoms with van der Waals surface area (Å²) >= 11 is 4.86. The number of ether oxygens (including phenoxy) is 1. The minimum absolute atomic E-state index is 0.118. The maximum absolute atomic E-state index is 11.7. The first-order chi connectivity index (χ1) is 7.94. The van der Waals surface area contributed by atoms with Crippen LogP contribution in [-0.4, -0.2) is 30.7 Å². The molecule has 98 valence electrons. The molecule has 0 aliphatic heterocycles. The second-order valence-electron chi connectivity index (χ2n) is 5.12. The van der Waals surface area contributed by atoms with Crippen molar-refractivity contribution in [3.05, 3.63) is 0 Å². The van der Waals surface area contributed by atoms with Crippen LogP contribution in [0.2, 0.25) is 0 Å². The number of thiocarbonyl (C=S) groups is 1. The van der Waals surface area contributed by atoms with Crippen LogP contribution in [0.1, 0.15) is 33.1 Å². The summed E-state index contributed by atoms with van der Waals surface area (Å²) in [4.78, 5) is 12.0. The SMILES string of the molecule is CC(C)(C(=O)NCCCOCC1CC1)C(N)=S. The van der Waals surface area contributed by atoms with Crippen molar-refractivity contribution in [2.75, 3.05) is 19.8 Å². The highest BCUT2D eigenvalue weighted by Crippen LogP contribution is 2.28. The first-order valence-electron chi connectivity index (χ1n) is 6.10. The standard InChI is InChI=1S/C12H22N2O2S/c1-12(2,10(13)17)11(15)14-6-3-7-16-8-9-4-5-9/h9H,3-8H2,1-2H3,(H2,13,17)(H,14,15). The fourth-order valence-corrected chi connectivity index (χ4v) is 1.34. The fraction of sp³-hybridized carbons (Fsp3) is 0.833. The zero-order chi connectivity index (χ0) is 12.9. The first-order valence-corrected chi connectivity index (χ1v) is 6.51. The maximum atomic E-state index is 11.7. The molecule has 1 aliphatic carbocycles. The van der Waals surface area contributed by atoms with E-state index in [4.69, 9.17) is 22.7 Å². The van der Waals surface area contributed by atoms with E-state index in [0.717, 1.165) is 18.9 Å². The van der Waals surface area contributed by atoms with E-state index in [1.165, 1.54) is 12.8 Å². The zero-order valence-electron chi connectivity index (χ0n) is 10.6. The van der Waals surface area contributed by atoms with Crippen LogP contribution in [0.4, 0.5) is 0 Å². The molecule has 3 N–H and O–H groups in total. The van der Waals surface area contributed by atoms with Gasteiger partial charge in [0.05, 0.1) is 10.4 Å². The summed E-state index contributed by atoms with van der Waals surface area (Å²) < 4.78 is 5.47. The van der Waals surface area contributed by atoms with Crippen LogP contribution in [0.15, 0.2) is 0 Å². The Bertz CT molecular complexity index is 288. The highest BCUT2D eigenvalue weighted by molar-refractivity contribution is 7.80. The van der Waals surface area contributed by atoms with E-state index in [9.17, 15) is 4.79 Å². The Morgan fingerprint density at radius 3 is 2.71 bits per heavy atom. The first kappa shape index (κ1) is 14.4. The number of carbonyl (C=O) groups excluding carboxylic acids is 1. The van der Waals surface area contributed by atoms with E-state index in [0.29, 0.717) is 13.2 Å². The molecule has 0 heterocycles. The van der Waals surface area contributed by atoms with Gasteiger partial charge >= 0.3 is 0 Å². The lowest BCUT2D eigenvalue weighted by Gasteiger charge is -2.21. The molecule has 1 aliphatic rings. The van der Waals surface area contributed by atoms with Gasteiger partial charge in [-0.1, -0.05) is 12.2 Å². The topological polar surface area (TPSA) is 64.3 Å². The normalized spacial score (nSPS) is 15.6. The van der Waals surface area contributed by atoms with Crippen LogP contribution in [0.3, 0.4) is 0 Å². The molecular formula is C12H22N2O2S. The van der Waals surface area contributed by atoms with Gasteiger partial charge in [-0.3, -0.25) is 4.79 Å². The molecule has 4 nitrogen and oxygen atoms in total. The molecule has 1 saturated carbocycles. The van der Waals surface area contributed by atoms with Gasteiger partial charge in [-0.25, -0.2) is 0 Å². The highest BCUT2D eigenvalue weighted by Gasteiger charge is 2.30. The number of rotatable bonds is 8. The average Bonchev–Trinajstić information content (AvgIpc) is 3.06. The van der Waals surface area contributed by atoms with Crippen LogP contribution in [0.5, 0.6) is 0 Å². The third kappa shape index (κ3) is 5.00. The maximum Gasteiger partial charge on any atom is 0.232 e. The average molecular weight is 258 g/mol. The number of nitrogens with one attached hydrogen (secondary N) is 1. The summed E-state index contributed by atoms with van der Waals surface area (Å²) in [5.41, 5.74) is 4.74.